The van der Waals surface area contributed by atoms with Gasteiger partial charge in [-0.3, -0.25) is 9.59 Å². The second kappa shape index (κ2) is 10.4. The molecule has 34 heavy (non-hydrogen) atoms. The van der Waals surface area contributed by atoms with Crippen LogP contribution in [0.1, 0.15) is 35.7 Å². The average molecular weight is 538 g/mol. The van der Waals surface area contributed by atoms with Crippen molar-refractivity contribution < 1.29 is 14.3 Å². The third kappa shape index (κ3) is 4.98. The Morgan fingerprint density at radius 1 is 1.06 bits per heavy atom. The van der Waals surface area contributed by atoms with Gasteiger partial charge in [0.2, 0.25) is 0 Å². The van der Waals surface area contributed by atoms with Gasteiger partial charge in [0.25, 0.3) is 5.91 Å². The number of amides is 1. The summed E-state index contributed by atoms with van der Waals surface area (Å²) >= 11 is 9.81. The van der Waals surface area contributed by atoms with Crippen LogP contribution in [0.5, 0.6) is 5.75 Å². The molecule has 1 heterocycles. The number of pyridine rings is 1. The molecule has 0 fully saturated rings. The van der Waals surface area contributed by atoms with E-state index in [1.54, 1.807) is 18.2 Å². The number of carbonyl (C=O) groups excluding carboxylic acids is 2. The molecular formula is C27H22BrClN2O3. The van der Waals surface area contributed by atoms with E-state index in [-0.39, 0.29) is 23.1 Å². The van der Waals surface area contributed by atoms with E-state index in [9.17, 15) is 9.59 Å². The SMILES string of the molecule is CCCC(=O)Oc1c(Cl)cccc1NC(=O)c1c(C)c(-c2ccccc2)nc2ccc(Br)cc12. The molecule has 0 radical (unpaired) electrons. The topological polar surface area (TPSA) is 68.3 Å². The van der Waals surface area contributed by atoms with E-state index >= 15 is 0 Å². The van der Waals surface area contributed by atoms with Gasteiger partial charge in [0.05, 0.1) is 27.5 Å². The molecule has 0 atom stereocenters. The van der Waals surface area contributed by atoms with E-state index in [2.05, 4.69) is 21.2 Å². The van der Waals surface area contributed by atoms with Crippen LogP contribution in [0.15, 0.2) is 71.2 Å². The summed E-state index contributed by atoms with van der Waals surface area (Å²) in [4.78, 5) is 30.7. The fraction of sp³-hybridized carbons (Fsp3) is 0.148. The number of nitrogens with zero attached hydrogens (tertiary/aromatic N) is 1. The van der Waals surface area contributed by atoms with Gasteiger partial charge in [0.1, 0.15) is 0 Å². The number of benzene rings is 3. The van der Waals surface area contributed by atoms with Crippen LogP contribution in [0.2, 0.25) is 5.02 Å². The first-order chi connectivity index (χ1) is 16.4. The molecule has 0 unspecified atom stereocenters. The number of fused-ring (bicyclic) bond motifs is 1. The van der Waals surface area contributed by atoms with Crippen molar-refractivity contribution >= 4 is 56.0 Å². The van der Waals surface area contributed by atoms with Crippen molar-refractivity contribution in [3.05, 3.63) is 87.4 Å². The molecule has 0 saturated carbocycles. The zero-order chi connectivity index (χ0) is 24.2. The second-order valence-electron chi connectivity index (χ2n) is 7.78. The van der Waals surface area contributed by atoms with Crippen molar-refractivity contribution in [1.82, 2.24) is 4.98 Å². The van der Waals surface area contributed by atoms with Gasteiger partial charge in [-0.1, -0.05) is 70.9 Å². The Bertz CT molecular complexity index is 1390. The lowest BCUT2D eigenvalue weighted by Crippen LogP contribution is -2.17. The minimum absolute atomic E-state index is 0.136. The number of hydrogen-bond acceptors (Lipinski definition) is 4. The van der Waals surface area contributed by atoms with Crippen molar-refractivity contribution in [2.45, 2.75) is 26.7 Å². The van der Waals surface area contributed by atoms with Crippen LogP contribution in [-0.2, 0) is 4.79 Å². The number of halogens is 2. The Balaban J connectivity index is 1.82. The number of hydrogen-bond donors (Lipinski definition) is 1. The van der Waals surface area contributed by atoms with Crippen LogP contribution in [-0.4, -0.2) is 16.9 Å². The molecule has 0 saturated heterocycles. The fourth-order valence-electron chi connectivity index (χ4n) is 3.77. The zero-order valence-corrected chi connectivity index (χ0v) is 21.0. The first kappa shape index (κ1) is 23.9. The number of para-hydroxylation sites is 1. The molecule has 4 rings (SSSR count). The van der Waals surface area contributed by atoms with Crippen molar-refractivity contribution in [3.8, 4) is 17.0 Å². The number of rotatable bonds is 6. The van der Waals surface area contributed by atoms with Gasteiger partial charge in [-0.25, -0.2) is 4.98 Å². The number of nitrogens with one attached hydrogen (secondary N) is 1. The summed E-state index contributed by atoms with van der Waals surface area (Å²) < 4.78 is 6.31. The first-order valence-electron chi connectivity index (χ1n) is 10.8. The Morgan fingerprint density at radius 2 is 1.82 bits per heavy atom. The molecular weight excluding hydrogens is 516 g/mol. The highest BCUT2D eigenvalue weighted by Crippen LogP contribution is 2.36. The van der Waals surface area contributed by atoms with Gasteiger partial charge in [0, 0.05) is 21.8 Å². The largest absolute Gasteiger partial charge is 0.423 e. The Kier molecular flexibility index (Phi) is 7.29. The molecule has 1 aromatic heterocycles. The summed E-state index contributed by atoms with van der Waals surface area (Å²) in [6.07, 6.45) is 0.894. The number of ether oxygens (including phenoxy) is 1. The normalized spacial score (nSPS) is 10.8. The van der Waals surface area contributed by atoms with Crippen LogP contribution in [0.25, 0.3) is 22.2 Å². The number of aromatic nitrogens is 1. The quantitative estimate of drug-likeness (QED) is 0.203. The molecule has 0 aliphatic heterocycles. The Hall–Kier alpha value is -3.22. The van der Waals surface area contributed by atoms with E-state index in [0.717, 1.165) is 21.3 Å². The minimum atomic E-state index is -0.410. The van der Waals surface area contributed by atoms with Gasteiger partial charge < -0.3 is 10.1 Å². The van der Waals surface area contributed by atoms with Crippen molar-refractivity contribution in [2.75, 3.05) is 5.32 Å². The maximum atomic E-state index is 13.7. The van der Waals surface area contributed by atoms with Crippen LogP contribution in [0.3, 0.4) is 0 Å². The summed E-state index contributed by atoms with van der Waals surface area (Å²) in [5.74, 6) is -0.626. The van der Waals surface area contributed by atoms with E-state index in [1.165, 1.54) is 0 Å². The molecule has 5 nitrogen and oxygen atoms in total. The monoisotopic (exact) mass is 536 g/mol. The Morgan fingerprint density at radius 3 is 2.56 bits per heavy atom. The van der Waals surface area contributed by atoms with E-state index < -0.39 is 5.97 Å². The summed E-state index contributed by atoms with van der Waals surface area (Å²) in [6.45, 7) is 3.76. The lowest BCUT2D eigenvalue weighted by molar-refractivity contribution is -0.134. The number of carbonyl (C=O) groups is 2. The van der Waals surface area contributed by atoms with Crippen molar-refractivity contribution in [2.24, 2.45) is 0 Å². The zero-order valence-electron chi connectivity index (χ0n) is 18.7. The van der Waals surface area contributed by atoms with Crippen molar-refractivity contribution in [3.63, 3.8) is 0 Å². The van der Waals surface area contributed by atoms with Crippen LogP contribution < -0.4 is 10.1 Å². The lowest BCUT2D eigenvalue weighted by atomic mass is 9.97. The van der Waals surface area contributed by atoms with Crippen LogP contribution in [0.4, 0.5) is 5.69 Å². The summed E-state index contributed by atoms with van der Waals surface area (Å²) in [5, 5.41) is 3.85. The minimum Gasteiger partial charge on any atom is -0.423 e. The molecule has 0 spiro atoms. The molecule has 0 aliphatic carbocycles. The van der Waals surface area contributed by atoms with Gasteiger partial charge in [0.15, 0.2) is 5.75 Å². The molecule has 0 bridgehead atoms. The highest BCUT2D eigenvalue weighted by Gasteiger charge is 2.22. The van der Waals surface area contributed by atoms with Crippen LogP contribution >= 0.6 is 27.5 Å². The van der Waals surface area contributed by atoms with Gasteiger partial charge in [-0.15, -0.1) is 0 Å². The third-order valence-corrected chi connectivity index (χ3v) is 6.14. The summed E-state index contributed by atoms with van der Waals surface area (Å²) in [7, 11) is 0. The van der Waals surface area contributed by atoms with Gasteiger partial charge >= 0.3 is 5.97 Å². The molecule has 4 aromatic rings. The second-order valence-corrected chi connectivity index (χ2v) is 9.11. The predicted molar refractivity (Wildman–Crippen MR) is 140 cm³/mol. The molecule has 1 amide bonds. The summed E-state index contributed by atoms with van der Waals surface area (Å²) in [5.41, 5.74) is 3.87. The molecule has 0 aliphatic rings. The van der Waals surface area contributed by atoms with Gasteiger partial charge in [-0.05, 0) is 49.2 Å². The maximum absolute atomic E-state index is 13.7. The van der Waals surface area contributed by atoms with E-state index in [0.29, 0.717) is 28.6 Å². The van der Waals surface area contributed by atoms with E-state index in [1.807, 2.05) is 62.4 Å². The predicted octanol–water partition coefficient (Wildman–Crippen LogP) is 7.58. The molecule has 172 valence electrons. The smallest absolute Gasteiger partial charge is 0.311 e. The Labute approximate surface area is 211 Å². The maximum Gasteiger partial charge on any atom is 0.311 e. The first-order valence-corrected chi connectivity index (χ1v) is 12.0. The third-order valence-electron chi connectivity index (χ3n) is 5.35. The number of esters is 1. The van der Waals surface area contributed by atoms with Gasteiger partial charge in [-0.2, -0.15) is 0 Å². The fourth-order valence-corrected chi connectivity index (χ4v) is 4.34. The standard InChI is InChI=1S/C27H22BrClN2O3/c1-3-8-23(32)34-26-20(29)11-7-12-22(26)31-27(33)24-16(2)25(17-9-5-4-6-10-17)30-21-14-13-18(28)15-19(21)24/h4-7,9-15H,3,8H2,1-2H3,(H,31,33). The highest BCUT2D eigenvalue weighted by atomic mass is 79.9. The van der Waals surface area contributed by atoms with Crippen LogP contribution in [0, 0.1) is 6.92 Å². The highest BCUT2D eigenvalue weighted by molar-refractivity contribution is 9.10. The van der Waals surface area contributed by atoms with Crippen molar-refractivity contribution in [1.29, 1.82) is 0 Å². The average Bonchev–Trinajstić information content (AvgIpc) is 2.81. The molecule has 7 heteroatoms. The van der Waals surface area contributed by atoms with E-state index in [4.69, 9.17) is 21.3 Å². The molecule has 3 aromatic carbocycles. The lowest BCUT2D eigenvalue weighted by Gasteiger charge is -2.17. The summed E-state index contributed by atoms with van der Waals surface area (Å²) in [6, 6.07) is 20.3. The number of anilines is 1. The molecule has 1 N–H and O–H groups in total.